The van der Waals surface area contributed by atoms with Crippen LogP contribution in [0.1, 0.15) is 28.9 Å². The number of fused-ring (bicyclic) bond motifs is 1. The largest absolute Gasteiger partial charge is 0.435 e. The SMILES string of the molecule is Cl.O=C(c1cccc(-n2ccc(C(F)(F)F)n2)c1)N1CC[C@@H]2CNC[C@@H]2CC1. The second-order valence-corrected chi connectivity index (χ2v) is 7.24. The van der Waals surface area contributed by atoms with E-state index in [-0.39, 0.29) is 18.3 Å². The number of nitrogens with zero attached hydrogens (tertiary/aromatic N) is 3. The fourth-order valence-electron chi connectivity index (χ4n) is 4.00. The predicted molar refractivity (Wildman–Crippen MR) is 101 cm³/mol. The van der Waals surface area contributed by atoms with Crippen LogP contribution in [0, 0.1) is 11.8 Å². The normalized spacial score (nSPS) is 22.3. The van der Waals surface area contributed by atoms with Crippen LogP contribution in [0.5, 0.6) is 0 Å². The summed E-state index contributed by atoms with van der Waals surface area (Å²) in [4.78, 5) is 14.8. The molecular weight excluding hydrogens is 393 g/mol. The molecule has 152 valence electrons. The zero-order valence-electron chi connectivity index (χ0n) is 15.2. The number of nitrogens with one attached hydrogen (secondary N) is 1. The van der Waals surface area contributed by atoms with Gasteiger partial charge in [0.15, 0.2) is 5.69 Å². The number of carbonyl (C=O) groups excluding carboxylic acids is 1. The van der Waals surface area contributed by atoms with Crippen LogP contribution in [0.4, 0.5) is 13.2 Å². The van der Waals surface area contributed by atoms with Crippen molar-refractivity contribution in [3.8, 4) is 5.69 Å². The van der Waals surface area contributed by atoms with Crippen LogP contribution in [0.15, 0.2) is 36.5 Å². The lowest BCUT2D eigenvalue weighted by Gasteiger charge is -2.21. The quantitative estimate of drug-likeness (QED) is 0.819. The fraction of sp³-hybridized carbons (Fsp3) is 0.474. The van der Waals surface area contributed by atoms with E-state index in [0.29, 0.717) is 36.2 Å². The molecule has 0 spiro atoms. The number of halogens is 4. The number of carbonyl (C=O) groups is 1. The molecule has 9 heteroatoms. The Hall–Kier alpha value is -2.06. The maximum atomic E-state index is 12.9. The van der Waals surface area contributed by atoms with Crippen LogP contribution in [0.3, 0.4) is 0 Å². The van der Waals surface area contributed by atoms with E-state index in [4.69, 9.17) is 0 Å². The molecule has 1 aromatic carbocycles. The van der Waals surface area contributed by atoms with Gasteiger partial charge in [-0.3, -0.25) is 4.79 Å². The number of aromatic nitrogens is 2. The van der Waals surface area contributed by atoms with Gasteiger partial charge in [0.1, 0.15) is 0 Å². The maximum Gasteiger partial charge on any atom is 0.435 e. The van der Waals surface area contributed by atoms with Gasteiger partial charge < -0.3 is 10.2 Å². The van der Waals surface area contributed by atoms with Gasteiger partial charge in [0.05, 0.1) is 5.69 Å². The Labute approximate surface area is 167 Å². The Morgan fingerprint density at radius 2 is 1.79 bits per heavy atom. The predicted octanol–water partition coefficient (Wildman–Crippen LogP) is 3.38. The van der Waals surface area contributed by atoms with E-state index >= 15 is 0 Å². The molecule has 4 rings (SSSR count). The van der Waals surface area contributed by atoms with Crippen molar-refractivity contribution in [2.24, 2.45) is 11.8 Å². The van der Waals surface area contributed by atoms with Gasteiger partial charge in [-0.25, -0.2) is 4.68 Å². The number of likely N-dealkylation sites (tertiary alicyclic amines) is 1. The first-order chi connectivity index (χ1) is 12.9. The summed E-state index contributed by atoms with van der Waals surface area (Å²) in [7, 11) is 0. The van der Waals surface area contributed by atoms with Crippen molar-refractivity contribution >= 4 is 18.3 Å². The van der Waals surface area contributed by atoms with Gasteiger partial charge in [-0.05, 0) is 62.0 Å². The summed E-state index contributed by atoms with van der Waals surface area (Å²) in [6.45, 7) is 3.46. The van der Waals surface area contributed by atoms with Crippen LogP contribution < -0.4 is 5.32 Å². The van der Waals surface area contributed by atoms with E-state index in [1.54, 1.807) is 24.3 Å². The van der Waals surface area contributed by atoms with Gasteiger partial charge in [0.25, 0.3) is 5.91 Å². The van der Waals surface area contributed by atoms with Crippen molar-refractivity contribution in [2.45, 2.75) is 19.0 Å². The molecule has 3 heterocycles. The van der Waals surface area contributed by atoms with Gasteiger partial charge in [-0.1, -0.05) is 6.07 Å². The number of hydrogen-bond acceptors (Lipinski definition) is 3. The molecule has 2 aliphatic heterocycles. The van der Waals surface area contributed by atoms with Crippen LogP contribution in [0.2, 0.25) is 0 Å². The first kappa shape index (κ1) is 20.7. The molecule has 1 N–H and O–H groups in total. The highest BCUT2D eigenvalue weighted by Gasteiger charge is 2.34. The topological polar surface area (TPSA) is 50.2 Å². The summed E-state index contributed by atoms with van der Waals surface area (Å²) >= 11 is 0. The lowest BCUT2D eigenvalue weighted by atomic mass is 9.92. The molecule has 2 atom stereocenters. The van der Waals surface area contributed by atoms with Crippen molar-refractivity contribution in [3.63, 3.8) is 0 Å². The van der Waals surface area contributed by atoms with Gasteiger partial charge in [-0.15, -0.1) is 12.4 Å². The third kappa shape index (κ3) is 4.17. The molecule has 2 saturated heterocycles. The number of alkyl halides is 3. The Morgan fingerprint density at radius 3 is 2.39 bits per heavy atom. The van der Waals surface area contributed by atoms with Crippen molar-refractivity contribution < 1.29 is 18.0 Å². The number of rotatable bonds is 2. The van der Waals surface area contributed by atoms with E-state index in [1.807, 2.05) is 4.90 Å². The maximum absolute atomic E-state index is 12.9. The highest BCUT2D eigenvalue weighted by Crippen LogP contribution is 2.29. The average Bonchev–Trinajstić information content (AvgIpc) is 3.27. The minimum absolute atomic E-state index is 0. The molecule has 0 saturated carbocycles. The molecule has 2 aliphatic rings. The van der Waals surface area contributed by atoms with Crippen molar-refractivity contribution in [1.29, 1.82) is 0 Å². The minimum Gasteiger partial charge on any atom is -0.339 e. The summed E-state index contributed by atoms with van der Waals surface area (Å²) < 4.78 is 39.4. The smallest absolute Gasteiger partial charge is 0.339 e. The van der Waals surface area contributed by atoms with E-state index in [1.165, 1.54) is 6.20 Å². The minimum atomic E-state index is -4.49. The summed E-state index contributed by atoms with van der Waals surface area (Å²) in [5.41, 5.74) is -0.0409. The second kappa shape index (κ2) is 8.13. The van der Waals surface area contributed by atoms with Gasteiger partial charge in [0, 0.05) is 24.8 Å². The lowest BCUT2D eigenvalue weighted by Crippen LogP contribution is -2.32. The van der Waals surface area contributed by atoms with Crippen LogP contribution in [-0.2, 0) is 6.18 Å². The molecule has 0 aliphatic carbocycles. The Bertz CT molecular complexity index is 825. The fourth-order valence-corrected chi connectivity index (χ4v) is 4.00. The lowest BCUT2D eigenvalue weighted by molar-refractivity contribution is -0.141. The molecule has 2 fully saturated rings. The molecule has 0 unspecified atom stereocenters. The summed E-state index contributed by atoms with van der Waals surface area (Å²) in [5, 5.41) is 6.99. The molecule has 28 heavy (non-hydrogen) atoms. The molecule has 5 nitrogen and oxygen atoms in total. The summed E-state index contributed by atoms with van der Waals surface area (Å²) in [6.07, 6.45) is -1.27. The Kier molecular flexibility index (Phi) is 6.00. The van der Waals surface area contributed by atoms with E-state index in [0.717, 1.165) is 36.7 Å². The molecular formula is C19H22ClF3N4O. The monoisotopic (exact) mass is 414 g/mol. The van der Waals surface area contributed by atoms with E-state index < -0.39 is 11.9 Å². The second-order valence-electron chi connectivity index (χ2n) is 7.24. The van der Waals surface area contributed by atoms with Crippen LogP contribution in [-0.4, -0.2) is 46.8 Å². The van der Waals surface area contributed by atoms with Crippen LogP contribution >= 0.6 is 12.4 Å². The third-order valence-corrected chi connectivity index (χ3v) is 5.54. The van der Waals surface area contributed by atoms with Crippen molar-refractivity contribution in [1.82, 2.24) is 20.0 Å². The standard InChI is InChI=1S/C19H21F3N4O.ClH/c20-19(21,22)17-6-9-26(24-17)16-3-1-2-13(10-16)18(27)25-7-4-14-11-23-12-15(14)5-8-25;/h1-3,6,9-10,14-15,23H,4-5,7-8,11-12H2;1H/t14-,15+;. The zero-order chi connectivity index (χ0) is 19.0. The van der Waals surface area contributed by atoms with Gasteiger partial charge in [0.2, 0.25) is 0 Å². The van der Waals surface area contributed by atoms with Crippen molar-refractivity contribution in [3.05, 3.63) is 47.8 Å². The Balaban J connectivity index is 0.00000225. The first-order valence-electron chi connectivity index (χ1n) is 9.15. The highest BCUT2D eigenvalue weighted by atomic mass is 35.5. The first-order valence-corrected chi connectivity index (χ1v) is 9.15. The number of amides is 1. The zero-order valence-corrected chi connectivity index (χ0v) is 16.0. The molecule has 0 radical (unpaired) electrons. The van der Waals surface area contributed by atoms with Crippen LogP contribution in [0.25, 0.3) is 5.69 Å². The number of benzene rings is 1. The summed E-state index contributed by atoms with van der Waals surface area (Å²) in [5.74, 6) is 1.17. The number of hydrogen-bond donors (Lipinski definition) is 1. The van der Waals surface area contributed by atoms with E-state index in [9.17, 15) is 18.0 Å². The Morgan fingerprint density at radius 1 is 1.11 bits per heavy atom. The van der Waals surface area contributed by atoms with E-state index in [2.05, 4.69) is 10.4 Å². The van der Waals surface area contributed by atoms with Gasteiger partial charge >= 0.3 is 6.18 Å². The molecule has 2 aromatic rings. The average molecular weight is 415 g/mol. The third-order valence-electron chi connectivity index (χ3n) is 5.54. The van der Waals surface area contributed by atoms with Crippen molar-refractivity contribution in [2.75, 3.05) is 26.2 Å². The molecule has 1 aromatic heterocycles. The van der Waals surface area contributed by atoms with Gasteiger partial charge in [-0.2, -0.15) is 18.3 Å². The molecule has 1 amide bonds. The molecule has 0 bridgehead atoms. The summed E-state index contributed by atoms with van der Waals surface area (Å²) in [6, 6.07) is 7.54. The highest BCUT2D eigenvalue weighted by molar-refractivity contribution is 5.94.